The first kappa shape index (κ1) is 15.6. The molecule has 0 unspecified atom stereocenters. The maximum absolute atomic E-state index is 12.6. The second-order valence-electron chi connectivity index (χ2n) is 5.63. The molecule has 0 spiro atoms. The molecule has 2 atom stereocenters. The first-order valence-electron chi connectivity index (χ1n) is 7.11. The highest BCUT2D eigenvalue weighted by Crippen LogP contribution is 2.39. The predicted octanol–water partition coefficient (Wildman–Crippen LogP) is 3.43. The van der Waals surface area contributed by atoms with Crippen molar-refractivity contribution in [2.45, 2.75) is 25.2 Å². The zero-order chi connectivity index (χ0) is 16.8. The molecule has 0 aromatic heterocycles. The Hall–Kier alpha value is -2.34. The first-order chi connectivity index (χ1) is 10.8. The van der Waals surface area contributed by atoms with E-state index in [-0.39, 0.29) is 11.9 Å². The highest BCUT2D eigenvalue weighted by Gasteiger charge is 2.46. The smallest absolute Gasteiger partial charge is 0.318 e. The van der Waals surface area contributed by atoms with Crippen LogP contribution in [0.2, 0.25) is 0 Å². The van der Waals surface area contributed by atoms with Gasteiger partial charge in [-0.3, -0.25) is 4.79 Å². The molecule has 120 valence electrons. The summed E-state index contributed by atoms with van der Waals surface area (Å²) >= 11 is 0. The van der Waals surface area contributed by atoms with Crippen molar-refractivity contribution < 1.29 is 18.0 Å². The Balaban J connectivity index is 1.91. The summed E-state index contributed by atoms with van der Waals surface area (Å²) in [7, 11) is 0. The van der Waals surface area contributed by atoms with Gasteiger partial charge in [-0.1, -0.05) is 29.8 Å². The van der Waals surface area contributed by atoms with Crippen LogP contribution in [0.4, 0.5) is 18.9 Å². The van der Waals surface area contributed by atoms with E-state index < -0.39 is 17.8 Å². The van der Waals surface area contributed by atoms with Crippen molar-refractivity contribution in [3.05, 3.63) is 65.2 Å². The molecule has 0 bridgehead atoms. The minimum Gasteiger partial charge on any atom is -0.318 e. The summed E-state index contributed by atoms with van der Waals surface area (Å²) in [4.78, 5) is 13.5. The first-order valence-corrected chi connectivity index (χ1v) is 7.11. The van der Waals surface area contributed by atoms with Crippen LogP contribution < -0.4 is 10.6 Å². The van der Waals surface area contributed by atoms with Crippen molar-refractivity contribution in [2.24, 2.45) is 5.73 Å². The minimum atomic E-state index is -4.40. The Morgan fingerprint density at radius 2 is 1.57 bits per heavy atom. The molecule has 0 radical (unpaired) electrons. The number of carbonyl (C=O) groups excluding carboxylic acids is 1. The molecule has 1 aliphatic rings. The van der Waals surface area contributed by atoms with Crippen molar-refractivity contribution in [1.29, 1.82) is 0 Å². The quantitative estimate of drug-likeness (QED) is 0.862. The number of hydrogen-bond acceptors (Lipinski definition) is 2. The van der Waals surface area contributed by atoms with Crippen LogP contribution in [0.5, 0.6) is 0 Å². The van der Waals surface area contributed by atoms with E-state index in [1.165, 1.54) is 17.0 Å². The van der Waals surface area contributed by atoms with Gasteiger partial charge in [-0.05, 0) is 36.8 Å². The topological polar surface area (TPSA) is 46.3 Å². The van der Waals surface area contributed by atoms with Gasteiger partial charge in [0.05, 0.1) is 11.6 Å². The van der Waals surface area contributed by atoms with Crippen molar-refractivity contribution in [1.82, 2.24) is 0 Å². The number of halogens is 3. The Morgan fingerprint density at radius 3 is 2.09 bits per heavy atom. The fraction of sp³-hybridized carbons (Fsp3) is 0.235. The van der Waals surface area contributed by atoms with Gasteiger partial charge in [-0.2, -0.15) is 13.2 Å². The molecule has 1 aliphatic heterocycles. The van der Waals surface area contributed by atoms with Crippen molar-refractivity contribution in [2.75, 3.05) is 4.90 Å². The summed E-state index contributed by atoms with van der Waals surface area (Å²) in [5, 5.41) is 0. The van der Waals surface area contributed by atoms with E-state index in [0.717, 1.165) is 23.3 Å². The van der Waals surface area contributed by atoms with Gasteiger partial charge in [0.1, 0.15) is 6.04 Å². The monoisotopic (exact) mass is 320 g/mol. The summed E-state index contributed by atoms with van der Waals surface area (Å²) in [6, 6.07) is 11.1. The van der Waals surface area contributed by atoms with Gasteiger partial charge in [-0.15, -0.1) is 0 Å². The molecular formula is C17H15F3N2O. The summed E-state index contributed by atoms with van der Waals surface area (Å²) < 4.78 is 37.9. The Kier molecular flexibility index (Phi) is 3.64. The highest BCUT2D eigenvalue weighted by molar-refractivity contribution is 6.05. The van der Waals surface area contributed by atoms with E-state index in [1.807, 2.05) is 31.2 Å². The van der Waals surface area contributed by atoms with E-state index >= 15 is 0 Å². The molecule has 2 aromatic carbocycles. The lowest BCUT2D eigenvalue weighted by Gasteiger charge is -2.45. The number of carbonyl (C=O) groups is 1. The average Bonchev–Trinajstić information content (AvgIpc) is 2.52. The number of β-lactam (4-membered cyclic amide) rings is 1. The molecule has 3 rings (SSSR count). The second kappa shape index (κ2) is 5.38. The summed E-state index contributed by atoms with van der Waals surface area (Å²) in [5.74, 6) is -0.296. The minimum absolute atomic E-state index is 0.296. The molecule has 3 nitrogen and oxygen atoms in total. The van der Waals surface area contributed by atoms with E-state index in [0.29, 0.717) is 5.69 Å². The zero-order valence-corrected chi connectivity index (χ0v) is 12.3. The average molecular weight is 320 g/mol. The molecule has 2 aromatic rings. The number of hydrogen-bond donors (Lipinski definition) is 1. The molecule has 1 amide bonds. The highest BCUT2D eigenvalue weighted by atomic mass is 19.4. The van der Waals surface area contributed by atoms with Crippen LogP contribution in [0.1, 0.15) is 22.7 Å². The standard InChI is InChI=1S/C17H15F3N2O/c1-10-2-4-11(5-3-10)15-14(21)16(23)22(15)13-8-6-12(7-9-13)17(18,19)20/h2-9,14-15H,21H2,1H3/t14-,15+/m0/s1. The van der Waals surface area contributed by atoms with Crippen molar-refractivity contribution in [3.63, 3.8) is 0 Å². The van der Waals surface area contributed by atoms with Gasteiger partial charge < -0.3 is 10.6 Å². The van der Waals surface area contributed by atoms with E-state index in [2.05, 4.69) is 0 Å². The SMILES string of the molecule is Cc1ccc([C@@H]2[C@H](N)C(=O)N2c2ccc(C(F)(F)F)cc2)cc1. The normalized spacial score (nSPS) is 21.3. The maximum Gasteiger partial charge on any atom is 0.416 e. The van der Waals surface area contributed by atoms with E-state index in [4.69, 9.17) is 5.73 Å². The molecular weight excluding hydrogens is 305 g/mol. The molecule has 1 fully saturated rings. The third-order valence-electron chi connectivity index (χ3n) is 4.03. The Bertz CT molecular complexity index is 723. The van der Waals surface area contributed by atoms with Crippen LogP contribution in [0, 0.1) is 6.92 Å². The largest absolute Gasteiger partial charge is 0.416 e. The number of nitrogens with zero attached hydrogens (tertiary/aromatic N) is 1. The summed E-state index contributed by atoms with van der Waals surface area (Å²) in [6.45, 7) is 1.95. The van der Waals surface area contributed by atoms with Crippen LogP contribution in [-0.2, 0) is 11.0 Å². The molecule has 0 saturated carbocycles. The third kappa shape index (κ3) is 2.70. The summed E-state index contributed by atoms with van der Waals surface area (Å²) in [5.41, 5.74) is 7.50. The van der Waals surface area contributed by atoms with E-state index in [1.54, 1.807) is 0 Å². The lowest BCUT2D eigenvalue weighted by Crippen LogP contribution is -2.63. The molecule has 6 heteroatoms. The number of aryl methyl sites for hydroxylation is 1. The lowest BCUT2D eigenvalue weighted by atomic mass is 9.88. The van der Waals surface area contributed by atoms with Gasteiger partial charge in [-0.25, -0.2) is 0 Å². The number of nitrogens with two attached hydrogens (primary N) is 1. The van der Waals surface area contributed by atoms with Gasteiger partial charge >= 0.3 is 6.18 Å². The lowest BCUT2D eigenvalue weighted by molar-refractivity contribution is -0.137. The number of benzene rings is 2. The van der Waals surface area contributed by atoms with Crippen LogP contribution >= 0.6 is 0 Å². The van der Waals surface area contributed by atoms with Crippen LogP contribution in [-0.4, -0.2) is 11.9 Å². The molecule has 0 aliphatic carbocycles. The van der Waals surface area contributed by atoms with Gasteiger partial charge in [0.25, 0.3) is 0 Å². The number of anilines is 1. The second-order valence-corrected chi connectivity index (χ2v) is 5.63. The van der Waals surface area contributed by atoms with Crippen molar-refractivity contribution >= 4 is 11.6 Å². The van der Waals surface area contributed by atoms with Crippen LogP contribution in [0.3, 0.4) is 0 Å². The number of rotatable bonds is 2. The molecule has 2 N–H and O–H groups in total. The Morgan fingerprint density at radius 1 is 1.00 bits per heavy atom. The Labute approximate surface area is 131 Å². The fourth-order valence-electron chi connectivity index (χ4n) is 2.73. The van der Waals surface area contributed by atoms with E-state index in [9.17, 15) is 18.0 Å². The number of alkyl halides is 3. The maximum atomic E-state index is 12.6. The van der Waals surface area contributed by atoms with Crippen molar-refractivity contribution in [3.8, 4) is 0 Å². The van der Waals surface area contributed by atoms with Gasteiger partial charge in [0, 0.05) is 5.69 Å². The molecule has 1 saturated heterocycles. The summed E-state index contributed by atoms with van der Waals surface area (Å²) in [6.07, 6.45) is -4.40. The third-order valence-corrected chi connectivity index (χ3v) is 4.03. The zero-order valence-electron chi connectivity index (χ0n) is 12.3. The van der Waals surface area contributed by atoms with Gasteiger partial charge in [0.2, 0.25) is 5.91 Å². The van der Waals surface area contributed by atoms with Gasteiger partial charge in [0.15, 0.2) is 0 Å². The predicted molar refractivity (Wildman–Crippen MR) is 80.8 cm³/mol. The molecule has 1 heterocycles. The fourth-order valence-corrected chi connectivity index (χ4v) is 2.73. The van der Waals surface area contributed by atoms with Crippen LogP contribution in [0.15, 0.2) is 48.5 Å². The van der Waals surface area contributed by atoms with Crippen LogP contribution in [0.25, 0.3) is 0 Å². The molecule has 23 heavy (non-hydrogen) atoms. The number of amides is 1.